The molecule has 0 bridgehead atoms. The summed E-state index contributed by atoms with van der Waals surface area (Å²) in [6.07, 6.45) is 2.49. The lowest BCUT2D eigenvalue weighted by Gasteiger charge is -2.17. The molecule has 0 aromatic heterocycles. The minimum atomic E-state index is -0.836. The van der Waals surface area contributed by atoms with Gasteiger partial charge in [-0.2, -0.15) is 0 Å². The van der Waals surface area contributed by atoms with E-state index in [1.165, 1.54) is 19.9 Å². The number of unbranched alkanes of at least 4 members (excludes halogenated alkanes) is 1. The van der Waals surface area contributed by atoms with Crippen LogP contribution in [0.2, 0.25) is 0 Å². The van der Waals surface area contributed by atoms with E-state index >= 15 is 0 Å². The number of amides is 5. The van der Waals surface area contributed by atoms with Crippen LogP contribution in [0.3, 0.4) is 0 Å². The van der Waals surface area contributed by atoms with Crippen LogP contribution >= 0.6 is 0 Å². The molecule has 1 aliphatic heterocycles. The molecule has 0 saturated heterocycles. The van der Waals surface area contributed by atoms with Crippen molar-refractivity contribution in [3.63, 3.8) is 0 Å². The van der Waals surface area contributed by atoms with Crippen molar-refractivity contribution in [3.8, 4) is 0 Å². The van der Waals surface area contributed by atoms with Gasteiger partial charge in [0.25, 0.3) is 11.8 Å². The third-order valence-corrected chi connectivity index (χ3v) is 4.46. The van der Waals surface area contributed by atoms with Gasteiger partial charge in [0, 0.05) is 37.6 Å². The second kappa shape index (κ2) is 11.9. The van der Waals surface area contributed by atoms with E-state index in [9.17, 15) is 28.8 Å². The van der Waals surface area contributed by atoms with Crippen molar-refractivity contribution in [2.45, 2.75) is 58.5 Å². The molecule has 2 atom stereocenters. The van der Waals surface area contributed by atoms with Crippen LogP contribution in [0, 0.1) is 0 Å². The molecule has 0 aromatic carbocycles. The Hall–Kier alpha value is -2.98. The number of carbonyl (C=O) groups excluding carboxylic acids is 6. The Kier molecular flexibility index (Phi) is 9.93. The van der Waals surface area contributed by atoms with E-state index in [-0.39, 0.29) is 49.6 Å². The van der Waals surface area contributed by atoms with Crippen LogP contribution in [-0.4, -0.2) is 73.1 Å². The van der Waals surface area contributed by atoms with Crippen molar-refractivity contribution < 1.29 is 28.8 Å². The molecule has 1 aliphatic rings. The Balaban J connectivity index is 2.16. The maximum absolute atomic E-state index is 11.9. The molecule has 0 aromatic rings. The van der Waals surface area contributed by atoms with Crippen LogP contribution in [-0.2, 0) is 28.8 Å². The van der Waals surface area contributed by atoms with Crippen LogP contribution in [0.5, 0.6) is 0 Å². The highest BCUT2D eigenvalue weighted by Crippen LogP contribution is 2.10. The minimum Gasteiger partial charge on any atom is -0.354 e. The van der Waals surface area contributed by atoms with Crippen LogP contribution in [0.25, 0.3) is 0 Å². The van der Waals surface area contributed by atoms with Gasteiger partial charge in [0.05, 0.1) is 11.7 Å². The van der Waals surface area contributed by atoms with Crippen molar-refractivity contribution in [1.29, 1.82) is 0 Å². The Morgan fingerprint density at radius 2 is 1.60 bits per heavy atom. The lowest BCUT2D eigenvalue weighted by atomic mass is 9.96. The zero-order valence-corrected chi connectivity index (χ0v) is 17.4. The Morgan fingerprint density at radius 1 is 1.00 bits per heavy atom. The summed E-state index contributed by atoms with van der Waals surface area (Å²) in [5, 5.41) is 7.52. The second-order valence-corrected chi connectivity index (χ2v) is 7.10. The van der Waals surface area contributed by atoms with Gasteiger partial charge in [-0.25, -0.2) is 0 Å². The van der Waals surface area contributed by atoms with Gasteiger partial charge >= 0.3 is 0 Å². The summed E-state index contributed by atoms with van der Waals surface area (Å²) in [6, 6.07) is -1.66. The fraction of sp³-hybridized carbons (Fsp3) is 0.579. The molecule has 1 heterocycles. The molecule has 10 nitrogen and oxygen atoms in total. The fourth-order valence-electron chi connectivity index (χ4n) is 2.60. The molecule has 0 fully saturated rings. The summed E-state index contributed by atoms with van der Waals surface area (Å²) in [6.45, 7) is 4.76. The van der Waals surface area contributed by atoms with E-state index in [0.29, 0.717) is 18.4 Å². The summed E-state index contributed by atoms with van der Waals surface area (Å²) >= 11 is 0. The van der Waals surface area contributed by atoms with E-state index < -0.39 is 23.7 Å². The molecular weight excluding hydrogens is 391 g/mol. The number of carbonyl (C=O) groups is 6. The standard InChI is InChI=1S/C19H27BN4O6/c1-11-10-16(27)24(19(11)30)9-8-21-14(25)6-4-5-7-15(26)22-13(3)18(29)23-12(2)17(20)28/h10,12-13H,4-9H2,1-3H3,(H,21,25)(H,22,26)(H,23,29). The average Bonchev–Trinajstić information content (AvgIpc) is 2.90. The molecule has 0 aliphatic carbocycles. The molecule has 5 amide bonds. The highest BCUT2D eigenvalue weighted by atomic mass is 16.2. The molecular formula is C19H27BN4O6. The zero-order valence-electron chi connectivity index (χ0n) is 17.4. The van der Waals surface area contributed by atoms with Gasteiger partial charge in [-0.15, -0.1) is 0 Å². The van der Waals surface area contributed by atoms with Crippen LogP contribution in [0.1, 0.15) is 46.5 Å². The number of imide groups is 1. The predicted molar refractivity (Wildman–Crippen MR) is 108 cm³/mol. The molecule has 30 heavy (non-hydrogen) atoms. The van der Waals surface area contributed by atoms with Gasteiger partial charge in [-0.05, 0) is 33.6 Å². The van der Waals surface area contributed by atoms with E-state index in [4.69, 9.17) is 7.85 Å². The largest absolute Gasteiger partial charge is 0.354 e. The Bertz CT molecular complexity index is 751. The quantitative estimate of drug-likeness (QED) is 0.204. The number of hydrogen-bond donors (Lipinski definition) is 3. The van der Waals surface area contributed by atoms with Crippen molar-refractivity contribution >= 4 is 43.1 Å². The van der Waals surface area contributed by atoms with Crippen molar-refractivity contribution in [2.24, 2.45) is 0 Å². The van der Waals surface area contributed by atoms with Crippen molar-refractivity contribution in [3.05, 3.63) is 11.6 Å². The van der Waals surface area contributed by atoms with E-state index in [0.717, 1.165) is 4.90 Å². The first-order chi connectivity index (χ1) is 14.0. The summed E-state index contributed by atoms with van der Waals surface area (Å²) in [4.78, 5) is 70.8. The zero-order chi connectivity index (χ0) is 22.8. The average molecular weight is 418 g/mol. The van der Waals surface area contributed by atoms with Crippen molar-refractivity contribution in [1.82, 2.24) is 20.9 Å². The number of hydrogen-bond acceptors (Lipinski definition) is 6. The van der Waals surface area contributed by atoms with E-state index in [1.54, 1.807) is 6.92 Å². The Morgan fingerprint density at radius 3 is 2.13 bits per heavy atom. The molecule has 162 valence electrons. The van der Waals surface area contributed by atoms with Gasteiger partial charge in [0.1, 0.15) is 6.04 Å². The van der Waals surface area contributed by atoms with E-state index in [1.807, 2.05) is 0 Å². The first-order valence-electron chi connectivity index (χ1n) is 9.72. The van der Waals surface area contributed by atoms with Gasteiger partial charge in [0.2, 0.25) is 17.7 Å². The number of nitrogens with one attached hydrogen (secondary N) is 3. The first kappa shape index (κ1) is 25.1. The summed E-state index contributed by atoms with van der Waals surface area (Å²) in [5.74, 6) is -1.85. The third-order valence-electron chi connectivity index (χ3n) is 4.46. The monoisotopic (exact) mass is 418 g/mol. The molecule has 3 N–H and O–H groups in total. The lowest BCUT2D eigenvalue weighted by molar-refractivity contribution is -0.137. The van der Waals surface area contributed by atoms with Gasteiger partial charge < -0.3 is 20.7 Å². The topological polar surface area (TPSA) is 142 Å². The lowest BCUT2D eigenvalue weighted by Crippen LogP contribution is -2.49. The van der Waals surface area contributed by atoms with E-state index in [2.05, 4.69) is 16.0 Å². The van der Waals surface area contributed by atoms with Gasteiger partial charge in [0.15, 0.2) is 7.85 Å². The molecule has 1 rings (SSSR count). The second-order valence-electron chi connectivity index (χ2n) is 7.10. The minimum absolute atomic E-state index is 0.105. The van der Waals surface area contributed by atoms with Gasteiger partial charge in [-0.1, -0.05) is 0 Å². The molecule has 0 spiro atoms. The molecule has 2 radical (unpaired) electrons. The van der Waals surface area contributed by atoms with Gasteiger partial charge in [-0.3, -0.25) is 28.9 Å². The number of rotatable bonds is 12. The smallest absolute Gasteiger partial charge is 0.256 e. The maximum atomic E-state index is 11.9. The summed E-state index contributed by atoms with van der Waals surface area (Å²) < 4.78 is 0. The molecule has 11 heteroatoms. The maximum Gasteiger partial charge on any atom is 0.256 e. The summed E-state index contributed by atoms with van der Waals surface area (Å²) in [5.41, 5.74) is -0.302. The van der Waals surface area contributed by atoms with Crippen LogP contribution < -0.4 is 16.0 Å². The third kappa shape index (κ3) is 8.18. The highest BCUT2D eigenvalue weighted by molar-refractivity contribution is 6.59. The van der Waals surface area contributed by atoms with Crippen molar-refractivity contribution in [2.75, 3.05) is 13.1 Å². The molecule has 0 saturated carbocycles. The SMILES string of the molecule is [B]C(=O)C(C)NC(=O)C(C)NC(=O)CCCCC(=O)NCCN1C(=O)C=C(C)C1=O. The number of nitrogens with zero attached hydrogens (tertiary/aromatic N) is 1. The Labute approximate surface area is 176 Å². The van der Waals surface area contributed by atoms with Crippen LogP contribution in [0.15, 0.2) is 11.6 Å². The highest BCUT2D eigenvalue weighted by Gasteiger charge is 2.27. The molecule has 2 unspecified atom stereocenters. The normalized spacial score (nSPS) is 15.3. The summed E-state index contributed by atoms with van der Waals surface area (Å²) in [7, 11) is 5.06. The predicted octanol–water partition coefficient (Wildman–Crippen LogP) is -1.32. The first-order valence-corrected chi connectivity index (χ1v) is 9.72. The fourth-order valence-corrected chi connectivity index (χ4v) is 2.60. The van der Waals surface area contributed by atoms with Crippen LogP contribution in [0.4, 0.5) is 0 Å².